The number of esters is 2. The second-order valence-electron chi connectivity index (χ2n) is 10.2. The van der Waals surface area contributed by atoms with Crippen LogP contribution in [-0.2, 0) is 38.2 Å². The Morgan fingerprint density at radius 1 is 0.917 bits per heavy atom. The van der Waals surface area contributed by atoms with E-state index in [0.717, 1.165) is 12.8 Å². The van der Waals surface area contributed by atoms with Gasteiger partial charge in [-0.2, -0.15) is 0 Å². The number of carbonyl (C=O) groups excluding carboxylic acids is 5. The summed E-state index contributed by atoms with van der Waals surface area (Å²) in [7, 11) is 0. The minimum atomic E-state index is -0.397. The standard InChI is InChI=1S/C27H43NO8/c1-5-34-25(31)9-7-11-28-23(29)16-20(17-24(28)30)15-22(36-12-8-10-26(32)35-6-2)21-14-18(3)13-19(4)27(21)33/h18-22H,5-17H2,1-4H3/t18?,19-,21?,22+/m0/s1. The normalized spacial score (nSPS) is 24.1. The van der Waals surface area contributed by atoms with Crippen molar-refractivity contribution in [3.63, 3.8) is 0 Å². The molecule has 2 rings (SSSR count). The van der Waals surface area contributed by atoms with Crippen LogP contribution >= 0.6 is 0 Å². The van der Waals surface area contributed by atoms with E-state index < -0.39 is 6.10 Å². The van der Waals surface area contributed by atoms with E-state index in [9.17, 15) is 24.0 Å². The molecule has 0 aromatic carbocycles. The van der Waals surface area contributed by atoms with E-state index in [1.165, 1.54) is 4.90 Å². The number of likely N-dealkylation sites (tertiary alicyclic amines) is 1. The Morgan fingerprint density at radius 2 is 1.50 bits per heavy atom. The van der Waals surface area contributed by atoms with Crippen molar-refractivity contribution in [1.29, 1.82) is 0 Å². The van der Waals surface area contributed by atoms with Gasteiger partial charge in [0.2, 0.25) is 11.8 Å². The molecule has 9 nitrogen and oxygen atoms in total. The molecule has 2 amide bonds. The number of piperidine rings is 1. The number of carbonyl (C=O) groups is 5. The zero-order chi connectivity index (χ0) is 26.7. The van der Waals surface area contributed by atoms with Gasteiger partial charge in [-0.1, -0.05) is 13.8 Å². The molecule has 0 radical (unpaired) electrons. The number of hydrogen-bond donors (Lipinski definition) is 0. The highest BCUT2D eigenvalue weighted by molar-refractivity contribution is 5.98. The number of Topliss-reactive ketones (excluding diaryl/α,β-unsaturated/α-hetero) is 1. The van der Waals surface area contributed by atoms with Gasteiger partial charge < -0.3 is 14.2 Å². The summed E-state index contributed by atoms with van der Waals surface area (Å²) < 4.78 is 16.0. The number of imide groups is 1. The Morgan fingerprint density at radius 3 is 2.08 bits per heavy atom. The van der Waals surface area contributed by atoms with Crippen LogP contribution in [0.5, 0.6) is 0 Å². The molecule has 0 aromatic rings. The molecule has 2 aliphatic rings. The zero-order valence-electron chi connectivity index (χ0n) is 22.3. The lowest BCUT2D eigenvalue weighted by molar-refractivity contribution is -0.153. The molecule has 1 saturated carbocycles. The molecule has 1 heterocycles. The minimum Gasteiger partial charge on any atom is -0.466 e. The summed E-state index contributed by atoms with van der Waals surface area (Å²) in [5, 5.41) is 0. The fraction of sp³-hybridized carbons (Fsp3) is 0.815. The Bertz CT molecular complexity index is 764. The van der Waals surface area contributed by atoms with E-state index in [1.807, 2.05) is 6.92 Å². The van der Waals surface area contributed by atoms with Crippen molar-refractivity contribution in [2.75, 3.05) is 26.4 Å². The lowest BCUT2D eigenvalue weighted by Crippen LogP contribution is -2.46. The zero-order valence-corrected chi connectivity index (χ0v) is 22.3. The molecule has 0 bridgehead atoms. The maximum atomic E-state index is 13.0. The Hall–Kier alpha value is -2.29. The van der Waals surface area contributed by atoms with E-state index in [1.54, 1.807) is 13.8 Å². The van der Waals surface area contributed by atoms with Gasteiger partial charge in [-0.15, -0.1) is 0 Å². The average Bonchev–Trinajstić information content (AvgIpc) is 2.80. The largest absolute Gasteiger partial charge is 0.466 e. The molecule has 1 aliphatic heterocycles. The molecule has 0 N–H and O–H groups in total. The van der Waals surface area contributed by atoms with Crippen LogP contribution in [0, 0.1) is 23.7 Å². The monoisotopic (exact) mass is 509 g/mol. The summed E-state index contributed by atoms with van der Waals surface area (Å²) >= 11 is 0. The quantitative estimate of drug-likeness (QED) is 0.199. The van der Waals surface area contributed by atoms with Crippen LogP contribution in [-0.4, -0.2) is 66.9 Å². The number of ketones is 1. The molecular weight excluding hydrogens is 466 g/mol. The van der Waals surface area contributed by atoms with Gasteiger partial charge in [0.25, 0.3) is 0 Å². The third kappa shape index (κ3) is 9.30. The first-order valence-corrected chi connectivity index (χ1v) is 13.5. The van der Waals surface area contributed by atoms with Gasteiger partial charge in [0.05, 0.1) is 19.3 Å². The number of amides is 2. The first-order valence-electron chi connectivity index (χ1n) is 13.5. The van der Waals surface area contributed by atoms with Gasteiger partial charge in [-0.25, -0.2) is 0 Å². The summed E-state index contributed by atoms with van der Waals surface area (Å²) in [4.78, 5) is 63.0. The fourth-order valence-corrected chi connectivity index (χ4v) is 5.38. The molecule has 9 heteroatoms. The highest BCUT2D eigenvalue weighted by Crippen LogP contribution is 2.37. The topological polar surface area (TPSA) is 116 Å². The maximum Gasteiger partial charge on any atom is 0.305 e. The lowest BCUT2D eigenvalue weighted by Gasteiger charge is -2.38. The van der Waals surface area contributed by atoms with Gasteiger partial charge in [0, 0.05) is 50.7 Å². The SMILES string of the molecule is CCOC(=O)CCCO[C@H](CC1CC(=O)N(CCCC(=O)OCC)C(=O)C1)C1CC(C)C[C@H](C)C1=O. The average molecular weight is 510 g/mol. The second kappa shape index (κ2) is 15.1. The van der Waals surface area contributed by atoms with Crippen LogP contribution in [0.1, 0.15) is 85.5 Å². The molecule has 36 heavy (non-hydrogen) atoms. The molecule has 0 spiro atoms. The van der Waals surface area contributed by atoms with Crippen molar-refractivity contribution in [3.8, 4) is 0 Å². The van der Waals surface area contributed by atoms with Gasteiger partial charge in [0.15, 0.2) is 0 Å². The van der Waals surface area contributed by atoms with Crippen LogP contribution < -0.4 is 0 Å². The number of ether oxygens (including phenoxy) is 3. The summed E-state index contributed by atoms with van der Waals surface area (Å²) in [6.07, 6.45) is 3.31. The van der Waals surface area contributed by atoms with Crippen LogP contribution in [0.4, 0.5) is 0 Å². The summed E-state index contributed by atoms with van der Waals surface area (Å²) in [6, 6.07) is 0. The second-order valence-corrected chi connectivity index (χ2v) is 10.2. The number of hydrogen-bond acceptors (Lipinski definition) is 8. The molecular formula is C27H43NO8. The van der Waals surface area contributed by atoms with Crippen molar-refractivity contribution in [2.45, 2.75) is 91.6 Å². The van der Waals surface area contributed by atoms with Gasteiger partial charge >= 0.3 is 11.9 Å². The molecule has 2 unspecified atom stereocenters. The highest BCUT2D eigenvalue weighted by Gasteiger charge is 2.40. The van der Waals surface area contributed by atoms with Crippen LogP contribution in [0.15, 0.2) is 0 Å². The van der Waals surface area contributed by atoms with Crippen molar-refractivity contribution < 1.29 is 38.2 Å². The first-order chi connectivity index (χ1) is 17.2. The van der Waals surface area contributed by atoms with Crippen molar-refractivity contribution in [2.24, 2.45) is 23.7 Å². The number of nitrogens with zero attached hydrogens (tertiary/aromatic N) is 1. The summed E-state index contributed by atoms with van der Waals surface area (Å²) in [5.41, 5.74) is 0. The van der Waals surface area contributed by atoms with Gasteiger partial charge in [0.1, 0.15) is 5.78 Å². The van der Waals surface area contributed by atoms with Crippen LogP contribution in [0.3, 0.4) is 0 Å². The van der Waals surface area contributed by atoms with Crippen molar-refractivity contribution in [1.82, 2.24) is 4.90 Å². The Balaban J connectivity index is 1.98. The van der Waals surface area contributed by atoms with Crippen molar-refractivity contribution in [3.05, 3.63) is 0 Å². The molecule has 1 aliphatic carbocycles. The molecule has 204 valence electrons. The lowest BCUT2D eigenvalue weighted by atomic mass is 9.71. The molecule has 1 saturated heterocycles. The molecule has 2 fully saturated rings. The summed E-state index contributed by atoms with van der Waals surface area (Å²) in [5.74, 6) is -1.09. The van der Waals surface area contributed by atoms with Crippen LogP contribution in [0.25, 0.3) is 0 Å². The first kappa shape index (κ1) is 29.9. The highest BCUT2D eigenvalue weighted by atomic mass is 16.5. The van der Waals surface area contributed by atoms with Crippen LogP contribution in [0.2, 0.25) is 0 Å². The van der Waals surface area contributed by atoms with Gasteiger partial charge in [-0.3, -0.25) is 28.9 Å². The van der Waals surface area contributed by atoms with E-state index in [0.29, 0.717) is 45.0 Å². The van der Waals surface area contributed by atoms with E-state index in [4.69, 9.17) is 14.2 Å². The van der Waals surface area contributed by atoms with Gasteiger partial charge in [-0.05, 0) is 57.8 Å². The minimum absolute atomic E-state index is 0.0473. The smallest absolute Gasteiger partial charge is 0.305 e. The van der Waals surface area contributed by atoms with E-state index in [2.05, 4.69) is 6.92 Å². The fourth-order valence-electron chi connectivity index (χ4n) is 5.38. The van der Waals surface area contributed by atoms with E-state index in [-0.39, 0.29) is 79.5 Å². The third-order valence-electron chi connectivity index (χ3n) is 7.04. The third-order valence-corrected chi connectivity index (χ3v) is 7.04. The molecule has 4 atom stereocenters. The van der Waals surface area contributed by atoms with E-state index >= 15 is 0 Å². The Kier molecular flexibility index (Phi) is 12.5. The molecule has 0 aromatic heterocycles. The maximum absolute atomic E-state index is 13.0. The predicted octanol–water partition coefficient (Wildman–Crippen LogP) is 3.46. The number of rotatable bonds is 14. The summed E-state index contributed by atoms with van der Waals surface area (Å²) in [6.45, 7) is 8.72. The Labute approximate surface area is 214 Å². The predicted molar refractivity (Wildman–Crippen MR) is 132 cm³/mol. The van der Waals surface area contributed by atoms with Crippen molar-refractivity contribution >= 4 is 29.5 Å².